The average molecular weight is 1240 g/mol. The molecular formula is C85H55BrN6. The molecule has 0 bridgehead atoms. The Bertz CT molecular complexity index is 5950. The van der Waals surface area contributed by atoms with E-state index < -0.39 is 0 Å². The van der Waals surface area contributed by atoms with E-state index in [9.17, 15) is 0 Å². The highest BCUT2D eigenvalue weighted by atomic mass is 79.9. The molecule has 0 amide bonds. The van der Waals surface area contributed by atoms with Crippen molar-refractivity contribution in [3.05, 3.63) is 308 Å². The van der Waals surface area contributed by atoms with E-state index in [1.807, 2.05) is 78.9 Å². The first kappa shape index (κ1) is 54.5. The number of hydrogen-bond donors (Lipinski definition) is 1. The lowest BCUT2D eigenvalue weighted by Crippen LogP contribution is -1.97. The van der Waals surface area contributed by atoms with E-state index in [1.165, 1.54) is 110 Å². The predicted octanol–water partition coefficient (Wildman–Crippen LogP) is 23.3. The molecule has 20 rings (SSSR count). The molecule has 0 saturated heterocycles. The van der Waals surface area contributed by atoms with Gasteiger partial charge in [-0.25, -0.2) is 19.9 Å². The number of nitrogens with zero attached hydrogens (tertiary/aromatic N) is 5. The van der Waals surface area contributed by atoms with Gasteiger partial charge in [-0.3, -0.25) is 0 Å². The highest BCUT2D eigenvalue weighted by Gasteiger charge is 2.27. The van der Waals surface area contributed by atoms with E-state index in [4.69, 9.17) is 19.9 Å². The van der Waals surface area contributed by atoms with Crippen LogP contribution in [0.15, 0.2) is 308 Å². The summed E-state index contributed by atoms with van der Waals surface area (Å²) >= 11 is 3.47. The van der Waals surface area contributed by atoms with Gasteiger partial charge in [0, 0.05) is 81.0 Å². The molecule has 0 fully saturated rings. The van der Waals surface area contributed by atoms with Crippen molar-refractivity contribution in [1.82, 2.24) is 29.5 Å². The zero-order valence-electron chi connectivity index (χ0n) is 49.0. The summed E-state index contributed by atoms with van der Waals surface area (Å²) in [4.78, 5) is 23.3. The number of hydrogen-bond acceptors (Lipinski definition) is 4. The van der Waals surface area contributed by atoms with E-state index >= 15 is 0 Å². The van der Waals surface area contributed by atoms with Gasteiger partial charge in [-0.05, 0) is 128 Å². The summed E-state index contributed by atoms with van der Waals surface area (Å²) in [5.41, 5.74) is 24.7. The van der Waals surface area contributed by atoms with Crippen molar-refractivity contribution in [2.24, 2.45) is 0 Å². The fraction of sp³-hybridized carbons (Fsp3) is 0.0118. The third kappa shape index (κ3) is 8.84. The first-order valence-corrected chi connectivity index (χ1v) is 31.5. The number of aromatic nitrogens is 6. The molecular weight excluding hydrogens is 1180 g/mol. The van der Waals surface area contributed by atoms with Gasteiger partial charge in [0.1, 0.15) is 0 Å². The van der Waals surface area contributed by atoms with Crippen molar-refractivity contribution in [3.63, 3.8) is 0 Å². The first-order valence-electron chi connectivity index (χ1n) is 30.7. The van der Waals surface area contributed by atoms with Crippen LogP contribution in [0.4, 0.5) is 0 Å². The topological polar surface area (TPSA) is 72.3 Å². The second kappa shape index (κ2) is 22.1. The van der Waals surface area contributed by atoms with Crippen LogP contribution >= 0.6 is 15.9 Å². The monoisotopic (exact) mass is 1240 g/mol. The summed E-state index contributed by atoms with van der Waals surface area (Å²) in [5, 5.41) is 12.6. The molecule has 0 saturated carbocycles. The Morgan fingerprint density at radius 3 is 1.29 bits per heavy atom. The molecule has 2 aliphatic carbocycles. The molecule has 0 atom stereocenters. The van der Waals surface area contributed by atoms with Gasteiger partial charge in [0.25, 0.3) is 0 Å². The second-order valence-electron chi connectivity index (χ2n) is 23.3. The van der Waals surface area contributed by atoms with E-state index in [2.05, 4.69) is 250 Å². The van der Waals surface area contributed by atoms with Crippen LogP contribution in [0, 0.1) is 0 Å². The number of rotatable bonds is 5. The van der Waals surface area contributed by atoms with Crippen molar-refractivity contribution in [1.29, 1.82) is 0 Å². The van der Waals surface area contributed by atoms with Crippen LogP contribution in [-0.4, -0.2) is 29.5 Å². The van der Waals surface area contributed by atoms with Crippen molar-refractivity contribution < 1.29 is 0 Å². The third-order valence-corrected chi connectivity index (χ3v) is 18.8. The van der Waals surface area contributed by atoms with Crippen LogP contribution in [0.25, 0.3) is 182 Å². The number of H-pyrrole nitrogens is 1. The molecule has 6 nitrogen and oxygen atoms in total. The van der Waals surface area contributed by atoms with Crippen molar-refractivity contribution in [3.8, 4) is 95.5 Å². The summed E-state index contributed by atoms with van der Waals surface area (Å²) in [6.07, 6.45) is 0. The molecule has 18 aromatic rings. The van der Waals surface area contributed by atoms with Crippen LogP contribution in [0.5, 0.6) is 0 Å². The van der Waals surface area contributed by atoms with Gasteiger partial charge in [-0.15, -0.1) is 0 Å². The molecule has 92 heavy (non-hydrogen) atoms. The summed E-state index contributed by atoms with van der Waals surface area (Å²) in [5.74, 6) is 1.47. The van der Waals surface area contributed by atoms with E-state index in [0.717, 1.165) is 77.3 Å². The van der Waals surface area contributed by atoms with Crippen LogP contribution in [0.1, 0.15) is 7.43 Å². The summed E-state index contributed by atoms with van der Waals surface area (Å²) < 4.78 is 3.47. The molecule has 2 aliphatic rings. The molecule has 4 heterocycles. The SMILES string of the molecule is Brc1ccc(-c2nc(-c3ccccc3)c3ccccc3n2)cc1.C.c1ccc(-c2nc(-c3ccc(-n4c5ccccc5c5cc6c7c(cccc7c54)-c4ccccc4-6)cc3)nc3ccccc23)cc1.c1ccc2c(c1)-c1cccc3c1c-2cc1c2ccccc2[nH]c31. The Morgan fingerprint density at radius 2 is 0.717 bits per heavy atom. The number of halogens is 1. The molecule has 0 spiro atoms. The molecule has 4 aromatic heterocycles. The van der Waals surface area contributed by atoms with Gasteiger partial charge in [0.2, 0.25) is 0 Å². The van der Waals surface area contributed by atoms with Gasteiger partial charge in [-0.1, -0.05) is 254 Å². The van der Waals surface area contributed by atoms with Crippen LogP contribution in [0.2, 0.25) is 0 Å². The molecule has 0 radical (unpaired) electrons. The number of para-hydroxylation sites is 4. The lowest BCUT2D eigenvalue weighted by molar-refractivity contribution is 1.18. The van der Waals surface area contributed by atoms with Gasteiger partial charge >= 0.3 is 0 Å². The maximum Gasteiger partial charge on any atom is 0.160 e. The number of fused-ring (bicyclic) bond motifs is 16. The molecule has 0 unspecified atom stereocenters. The zero-order valence-corrected chi connectivity index (χ0v) is 50.6. The van der Waals surface area contributed by atoms with Crippen LogP contribution < -0.4 is 0 Å². The fourth-order valence-corrected chi connectivity index (χ4v) is 14.4. The Kier molecular flexibility index (Phi) is 13.1. The van der Waals surface area contributed by atoms with Crippen molar-refractivity contribution in [2.45, 2.75) is 7.43 Å². The summed E-state index contributed by atoms with van der Waals surface area (Å²) in [6.45, 7) is 0. The Morgan fingerprint density at radius 1 is 0.293 bits per heavy atom. The maximum absolute atomic E-state index is 5.10. The van der Waals surface area contributed by atoms with E-state index in [0.29, 0.717) is 0 Å². The maximum atomic E-state index is 5.10. The van der Waals surface area contributed by atoms with Gasteiger partial charge in [0.15, 0.2) is 11.6 Å². The molecule has 7 heteroatoms. The summed E-state index contributed by atoms with van der Waals surface area (Å²) in [7, 11) is 0. The quantitative estimate of drug-likeness (QED) is 0.186. The minimum absolute atomic E-state index is 0. The number of aromatic amines is 1. The van der Waals surface area contributed by atoms with E-state index in [-0.39, 0.29) is 7.43 Å². The second-order valence-corrected chi connectivity index (χ2v) is 24.3. The fourth-order valence-electron chi connectivity index (χ4n) is 14.2. The average Bonchev–Trinajstić information content (AvgIpc) is 1.56. The highest BCUT2D eigenvalue weighted by Crippen LogP contribution is 2.52. The largest absolute Gasteiger partial charge is 0.354 e. The van der Waals surface area contributed by atoms with Crippen LogP contribution in [0.3, 0.4) is 0 Å². The normalized spacial score (nSPS) is 11.7. The van der Waals surface area contributed by atoms with Crippen LogP contribution in [-0.2, 0) is 0 Å². The lowest BCUT2D eigenvalue weighted by atomic mass is 9.99. The Balaban J connectivity index is 0.000000116. The standard InChI is InChI=1S/C42H25N3.C22H13N.C20H13BrN2.CH4/c1-2-11-26(12-3-1)40-33-16-6-8-19-37(33)43-42(44-40)27-21-23-28(24-22-27)45-38-20-9-7-15-31(38)36-25-35-30-14-5-4-13-29(30)32-17-10-18-34(39(32)35)41(36)45;1-2-7-14-13(6-1)16-9-5-10-17-21(16)18(14)12-19-15-8-3-4-11-20(15)23-22(17)19;21-16-12-10-15(11-13-16)20-22-18-9-5-4-8-17(18)19(23-20)14-6-2-1-3-7-14;/h1-25H;1-12,23H;1-13H;1H4. The zero-order chi connectivity index (χ0) is 60.1. The minimum atomic E-state index is 0. The minimum Gasteiger partial charge on any atom is -0.354 e. The molecule has 432 valence electrons. The van der Waals surface area contributed by atoms with Gasteiger partial charge in [0.05, 0.1) is 39.0 Å². The highest BCUT2D eigenvalue weighted by molar-refractivity contribution is 9.10. The predicted molar refractivity (Wildman–Crippen MR) is 389 cm³/mol. The van der Waals surface area contributed by atoms with Gasteiger partial charge < -0.3 is 9.55 Å². The Labute approximate surface area is 539 Å². The Hall–Kier alpha value is -11.6. The van der Waals surface area contributed by atoms with E-state index in [1.54, 1.807) is 0 Å². The van der Waals surface area contributed by atoms with Crippen molar-refractivity contribution >= 4 is 103 Å². The molecule has 1 N–H and O–H groups in total. The van der Waals surface area contributed by atoms with Gasteiger partial charge in [-0.2, -0.15) is 0 Å². The van der Waals surface area contributed by atoms with Crippen molar-refractivity contribution in [2.75, 3.05) is 0 Å². The lowest BCUT2D eigenvalue weighted by Gasteiger charge is -2.13. The molecule has 0 aliphatic heterocycles. The smallest absolute Gasteiger partial charge is 0.160 e. The number of benzene rings is 14. The summed E-state index contributed by atoms with van der Waals surface area (Å²) in [6, 6.07) is 107. The first-order chi connectivity index (χ1) is 45.1. The molecule has 14 aromatic carbocycles. The number of nitrogens with one attached hydrogen (secondary N) is 1. The third-order valence-electron chi connectivity index (χ3n) is 18.2.